The van der Waals surface area contributed by atoms with Crippen LogP contribution in [0.1, 0.15) is 18.4 Å². The van der Waals surface area contributed by atoms with Crippen LogP contribution in [0.2, 0.25) is 0 Å². The molecule has 6 heteroatoms. The lowest BCUT2D eigenvalue weighted by Crippen LogP contribution is -2.44. The average Bonchev–Trinajstić information content (AvgIpc) is 2.60. The van der Waals surface area contributed by atoms with E-state index in [0.29, 0.717) is 19.6 Å². The second-order valence-corrected chi connectivity index (χ2v) is 5.99. The smallest absolute Gasteiger partial charge is 0.234 e. The van der Waals surface area contributed by atoms with Crippen LogP contribution in [0.15, 0.2) is 36.9 Å². The van der Waals surface area contributed by atoms with Gasteiger partial charge in [0, 0.05) is 19.0 Å². The molecular formula is C18H24FN3O2. The van der Waals surface area contributed by atoms with E-state index in [2.05, 4.69) is 22.1 Å². The Kier molecular flexibility index (Phi) is 6.93. The van der Waals surface area contributed by atoms with E-state index in [1.54, 1.807) is 18.2 Å². The van der Waals surface area contributed by atoms with Crippen molar-refractivity contribution in [2.45, 2.75) is 19.4 Å². The molecule has 0 aliphatic carbocycles. The van der Waals surface area contributed by atoms with Gasteiger partial charge in [-0.3, -0.25) is 14.5 Å². The van der Waals surface area contributed by atoms with Crippen molar-refractivity contribution in [3.63, 3.8) is 0 Å². The van der Waals surface area contributed by atoms with Crippen LogP contribution in [0.5, 0.6) is 0 Å². The van der Waals surface area contributed by atoms with Gasteiger partial charge in [-0.05, 0) is 43.6 Å². The summed E-state index contributed by atoms with van der Waals surface area (Å²) in [7, 11) is 0. The monoisotopic (exact) mass is 333 g/mol. The molecule has 0 spiro atoms. The maximum atomic E-state index is 12.8. The summed E-state index contributed by atoms with van der Waals surface area (Å²) in [6, 6.07) is 6.11. The summed E-state index contributed by atoms with van der Waals surface area (Å²) >= 11 is 0. The lowest BCUT2D eigenvalue weighted by atomic mass is 9.96. The Morgan fingerprint density at radius 2 is 1.88 bits per heavy atom. The number of likely N-dealkylation sites (tertiary alicyclic amines) is 1. The van der Waals surface area contributed by atoms with Gasteiger partial charge in [-0.2, -0.15) is 0 Å². The Hall–Kier alpha value is -2.21. The summed E-state index contributed by atoms with van der Waals surface area (Å²) < 4.78 is 12.8. The molecule has 2 N–H and O–H groups in total. The average molecular weight is 333 g/mol. The van der Waals surface area contributed by atoms with Crippen molar-refractivity contribution in [3.05, 3.63) is 48.3 Å². The molecule has 1 aromatic carbocycles. The van der Waals surface area contributed by atoms with Gasteiger partial charge in [-0.15, -0.1) is 6.58 Å². The summed E-state index contributed by atoms with van der Waals surface area (Å²) in [5.74, 6) is -0.309. The standard InChI is InChI=1S/C18H24FN3O2/c1-2-9-20-17(23)13-22-10-7-15(8-11-22)18(24)21-12-14-3-5-16(19)6-4-14/h2-6,15H,1,7-13H2,(H,20,23)(H,21,24). The molecule has 2 rings (SSSR count). The first-order valence-corrected chi connectivity index (χ1v) is 8.20. The van der Waals surface area contributed by atoms with Crippen LogP contribution in [0.3, 0.4) is 0 Å². The number of nitrogens with zero attached hydrogens (tertiary/aromatic N) is 1. The maximum Gasteiger partial charge on any atom is 0.234 e. The fourth-order valence-corrected chi connectivity index (χ4v) is 2.73. The van der Waals surface area contributed by atoms with Crippen molar-refractivity contribution in [2.24, 2.45) is 5.92 Å². The number of amides is 2. The minimum atomic E-state index is -0.283. The molecule has 1 aromatic rings. The van der Waals surface area contributed by atoms with Crippen LogP contribution in [0, 0.1) is 11.7 Å². The van der Waals surface area contributed by atoms with Crippen LogP contribution in [-0.2, 0) is 16.1 Å². The third-order valence-corrected chi connectivity index (χ3v) is 4.15. The first kappa shape index (κ1) is 18.1. The van der Waals surface area contributed by atoms with E-state index in [-0.39, 0.29) is 23.5 Å². The molecule has 5 nitrogen and oxygen atoms in total. The highest BCUT2D eigenvalue weighted by Crippen LogP contribution is 2.17. The molecule has 0 radical (unpaired) electrons. The lowest BCUT2D eigenvalue weighted by Gasteiger charge is -2.30. The predicted octanol–water partition coefficient (Wildman–Crippen LogP) is 1.46. The number of carbonyl (C=O) groups excluding carboxylic acids is 2. The molecule has 1 aliphatic rings. The zero-order valence-electron chi connectivity index (χ0n) is 13.8. The number of benzene rings is 1. The third kappa shape index (κ3) is 5.77. The second-order valence-electron chi connectivity index (χ2n) is 5.99. The summed E-state index contributed by atoms with van der Waals surface area (Å²) in [6.07, 6.45) is 3.13. The van der Waals surface area contributed by atoms with Crippen molar-refractivity contribution < 1.29 is 14.0 Å². The van der Waals surface area contributed by atoms with Gasteiger partial charge in [0.2, 0.25) is 11.8 Å². The van der Waals surface area contributed by atoms with Gasteiger partial charge in [0.15, 0.2) is 0 Å². The molecule has 0 saturated carbocycles. The molecule has 0 unspecified atom stereocenters. The fourth-order valence-electron chi connectivity index (χ4n) is 2.73. The Bertz CT molecular complexity index is 566. The van der Waals surface area contributed by atoms with Gasteiger partial charge in [0.05, 0.1) is 6.54 Å². The van der Waals surface area contributed by atoms with E-state index in [0.717, 1.165) is 31.5 Å². The van der Waals surface area contributed by atoms with Crippen LogP contribution < -0.4 is 10.6 Å². The predicted molar refractivity (Wildman–Crippen MR) is 90.6 cm³/mol. The number of carbonyl (C=O) groups is 2. The number of rotatable bonds is 7. The van der Waals surface area contributed by atoms with Crippen LogP contribution >= 0.6 is 0 Å². The first-order valence-electron chi connectivity index (χ1n) is 8.20. The molecular weight excluding hydrogens is 309 g/mol. The summed E-state index contributed by atoms with van der Waals surface area (Å²) in [4.78, 5) is 25.9. The Balaban J connectivity index is 1.69. The van der Waals surface area contributed by atoms with E-state index in [1.165, 1.54) is 12.1 Å². The minimum absolute atomic E-state index is 0.0193. The lowest BCUT2D eigenvalue weighted by molar-refractivity contribution is -0.127. The molecule has 1 saturated heterocycles. The Morgan fingerprint density at radius 1 is 1.21 bits per heavy atom. The molecule has 0 aromatic heterocycles. The molecule has 0 atom stereocenters. The molecule has 2 amide bonds. The van der Waals surface area contributed by atoms with Gasteiger partial charge < -0.3 is 10.6 Å². The van der Waals surface area contributed by atoms with Crippen molar-refractivity contribution in [2.75, 3.05) is 26.2 Å². The first-order chi connectivity index (χ1) is 11.6. The molecule has 1 fully saturated rings. The summed E-state index contributed by atoms with van der Waals surface area (Å²) in [6.45, 7) is 6.26. The Labute approximate surface area is 141 Å². The van der Waals surface area contributed by atoms with Crippen LogP contribution in [0.4, 0.5) is 4.39 Å². The largest absolute Gasteiger partial charge is 0.352 e. The van der Waals surface area contributed by atoms with Crippen molar-refractivity contribution in [1.82, 2.24) is 15.5 Å². The van der Waals surface area contributed by atoms with Crippen molar-refractivity contribution in [1.29, 1.82) is 0 Å². The normalized spacial score (nSPS) is 15.7. The zero-order chi connectivity index (χ0) is 17.4. The highest BCUT2D eigenvalue weighted by atomic mass is 19.1. The van der Waals surface area contributed by atoms with E-state index < -0.39 is 0 Å². The third-order valence-electron chi connectivity index (χ3n) is 4.15. The fraction of sp³-hybridized carbons (Fsp3) is 0.444. The second kappa shape index (κ2) is 9.17. The highest BCUT2D eigenvalue weighted by molar-refractivity contribution is 5.79. The van der Waals surface area contributed by atoms with Crippen molar-refractivity contribution in [3.8, 4) is 0 Å². The van der Waals surface area contributed by atoms with Crippen molar-refractivity contribution >= 4 is 11.8 Å². The molecule has 130 valence electrons. The van der Waals surface area contributed by atoms with Crippen LogP contribution in [0.25, 0.3) is 0 Å². The molecule has 0 bridgehead atoms. The number of nitrogens with one attached hydrogen (secondary N) is 2. The maximum absolute atomic E-state index is 12.8. The molecule has 1 aliphatic heterocycles. The van der Waals surface area contributed by atoms with Gasteiger partial charge in [-0.25, -0.2) is 4.39 Å². The number of hydrogen-bond donors (Lipinski definition) is 2. The summed E-state index contributed by atoms with van der Waals surface area (Å²) in [5.41, 5.74) is 0.876. The highest BCUT2D eigenvalue weighted by Gasteiger charge is 2.25. The van der Waals surface area contributed by atoms with Gasteiger partial charge in [0.25, 0.3) is 0 Å². The van der Waals surface area contributed by atoms with E-state index in [1.807, 2.05) is 0 Å². The minimum Gasteiger partial charge on any atom is -0.352 e. The summed E-state index contributed by atoms with van der Waals surface area (Å²) in [5, 5.41) is 5.65. The van der Waals surface area contributed by atoms with E-state index >= 15 is 0 Å². The topological polar surface area (TPSA) is 61.4 Å². The zero-order valence-corrected chi connectivity index (χ0v) is 13.8. The molecule has 24 heavy (non-hydrogen) atoms. The van der Waals surface area contributed by atoms with E-state index in [4.69, 9.17) is 0 Å². The number of piperidine rings is 1. The van der Waals surface area contributed by atoms with E-state index in [9.17, 15) is 14.0 Å². The molecule has 1 heterocycles. The number of hydrogen-bond acceptors (Lipinski definition) is 3. The quantitative estimate of drug-likeness (QED) is 0.743. The van der Waals surface area contributed by atoms with Gasteiger partial charge >= 0.3 is 0 Å². The number of halogens is 1. The van der Waals surface area contributed by atoms with Crippen LogP contribution in [-0.4, -0.2) is 42.9 Å². The SMILES string of the molecule is C=CCNC(=O)CN1CCC(C(=O)NCc2ccc(F)cc2)CC1. The van der Waals surface area contributed by atoms with Gasteiger partial charge in [0.1, 0.15) is 5.82 Å². The van der Waals surface area contributed by atoms with Gasteiger partial charge in [-0.1, -0.05) is 18.2 Å². The Morgan fingerprint density at radius 3 is 2.50 bits per heavy atom.